The zero-order valence-electron chi connectivity index (χ0n) is 11.9. The smallest absolute Gasteiger partial charge is 0.271 e. The Morgan fingerprint density at radius 1 is 1.29 bits per heavy atom. The molecule has 1 aliphatic carbocycles. The molecule has 1 fully saturated rings. The number of hydrogen-bond acceptors (Lipinski definition) is 3. The van der Waals surface area contributed by atoms with Crippen LogP contribution in [0.15, 0.2) is 42.6 Å². The molecular formula is C16H19N3O2. The number of para-hydroxylation sites is 1. The van der Waals surface area contributed by atoms with Crippen LogP contribution < -0.4 is 10.1 Å². The maximum absolute atomic E-state index is 11.9. The van der Waals surface area contributed by atoms with Crippen LogP contribution in [0.1, 0.15) is 29.8 Å². The van der Waals surface area contributed by atoms with Crippen LogP contribution in [-0.4, -0.2) is 22.2 Å². The van der Waals surface area contributed by atoms with E-state index in [-0.39, 0.29) is 5.91 Å². The van der Waals surface area contributed by atoms with Crippen LogP contribution in [0, 0.1) is 5.92 Å². The SMILES string of the molecule is O=C(NCC1CCC1)c1ccn(COc2ccccc2)n1. The Labute approximate surface area is 123 Å². The minimum Gasteiger partial charge on any atom is -0.471 e. The fourth-order valence-electron chi connectivity index (χ4n) is 2.24. The van der Waals surface area contributed by atoms with Crippen molar-refractivity contribution in [3.05, 3.63) is 48.3 Å². The Balaban J connectivity index is 1.49. The lowest BCUT2D eigenvalue weighted by atomic mass is 9.85. The highest BCUT2D eigenvalue weighted by atomic mass is 16.5. The summed E-state index contributed by atoms with van der Waals surface area (Å²) in [5.41, 5.74) is 0.436. The van der Waals surface area contributed by atoms with Crippen LogP contribution in [0.25, 0.3) is 0 Å². The van der Waals surface area contributed by atoms with Crippen LogP contribution in [-0.2, 0) is 6.73 Å². The van der Waals surface area contributed by atoms with Gasteiger partial charge in [0.15, 0.2) is 6.73 Å². The summed E-state index contributed by atoms with van der Waals surface area (Å²) < 4.78 is 7.19. The molecule has 0 spiro atoms. The number of nitrogens with zero attached hydrogens (tertiary/aromatic N) is 2. The first-order valence-electron chi connectivity index (χ1n) is 7.31. The third-order valence-corrected chi connectivity index (χ3v) is 3.76. The summed E-state index contributed by atoms with van der Waals surface area (Å²) in [6.07, 6.45) is 5.48. The molecule has 1 amide bonds. The normalized spacial score (nSPS) is 14.5. The molecule has 0 unspecified atom stereocenters. The Morgan fingerprint density at radius 2 is 2.10 bits per heavy atom. The van der Waals surface area contributed by atoms with Gasteiger partial charge in [0.1, 0.15) is 11.4 Å². The highest BCUT2D eigenvalue weighted by molar-refractivity contribution is 5.92. The minimum absolute atomic E-state index is 0.111. The van der Waals surface area contributed by atoms with E-state index in [2.05, 4.69) is 10.4 Å². The van der Waals surface area contributed by atoms with E-state index in [1.54, 1.807) is 16.9 Å². The van der Waals surface area contributed by atoms with Gasteiger partial charge in [-0.25, -0.2) is 4.68 Å². The lowest BCUT2D eigenvalue weighted by Crippen LogP contribution is -2.32. The highest BCUT2D eigenvalue weighted by Crippen LogP contribution is 2.25. The first kappa shape index (κ1) is 13.7. The van der Waals surface area contributed by atoms with Gasteiger partial charge in [-0.1, -0.05) is 24.6 Å². The molecule has 1 N–H and O–H groups in total. The number of carbonyl (C=O) groups excluding carboxylic acids is 1. The van der Waals surface area contributed by atoms with Crippen molar-refractivity contribution in [3.8, 4) is 5.75 Å². The summed E-state index contributed by atoms with van der Waals surface area (Å²) in [5, 5.41) is 7.16. The molecule has 0 atom stereocenters. The zero-order chi connectivity index (χ0) is 14.5. The molecule has 5 heteroatoms. The number of amides is 1. The molecule has 0 saturated heterocycles. The molecule has 3 rings (SSSR count). The van der Waals surface area contributed by atoms with Crippen molar-refractivity contribution in [1.29, 1.82) is 0 Å². The van der Waals surface area contributed by atoms with Gasteiger partial charge < -0.3 is 10.1 Å². The second-order valence-corrected chi connectivity index (χ2v) is 5.33. The first-order chi connectivity index (χ1) is 10.3. The molecule has 1 saturated carbocycles. The zero-order valence-corrected chi connectivity index (χ0v) is 11.9. The number of aromatic nitrogens is 2. The average Bonchev–Trinajstić information content (AvgIpc) is 2.93. The van der Waals surface area contributed by atoms with Crippen LogP contribution in [0.2, 0.25) is 0 Å². The molecule has 21 heavy (non-hydrogen) atoms. The maximum atomic E-state index is 11.9. The molecule has 0 bridgehead atoms. The second kappa shape index (κ2) is 6.43. The number of carbonyl (C=O) groups is 1. The number of hydrogen-bond donors (Lipinski definition) is 1. The van der Waals surface area contributed by atoms with Crippen LogP contribution in [0.5, 0.6) is 5.75 Å². The van der Waals surface area contributed by atoms with E-state index in [1.165, 1.54) is 19.3 Å². The van der Waals surface area contributed by atoms with E-state index in [9.17, 15) is 4.79 Å². The van der Waals surface area contributed by atoms with Crippen molar-refractivity contribution in [2.75, 3.05) is 6.54 Å². The lowest BCUT2D eigenvalue weighted by molar-refractivity contribution is 0.0932. The van der Waals surface area contributed by atoms with Crippen LogP contribution in [0.3, 0.4) is 0 Å². The predicted molar refractivity (Wildman–Crippen MR) is 79.0 cm³/mol. The van der Waals surface area contributed by atoms with Gasteiger partial charge in [0.2, 0.25) is 0 Å². The molecule has 1 aliphatic rings. The Bertz CT molecular complexity index is 591. The number of ether oxygens (including phenoxy) is 1. The molecule has 0 aliphatic heterocycles. The van der Waals surface area contributed by atoms with Gasteiger partial charge >= 0.3 is 0 Å². The second-order valence-electron chi connectivity index (χ2n) is 5.33. The number of rotatable bonds is 6. The van der Waals surface area contributed by atoms with E-state index < -0.39 is 0 Å². The van der Waals surface area contributed by atoms with Crippen molar-refractivity contribution in [1.82, 2.24) is 15.1 Å². The standard InChI is InChI=1S/C16H19N3O2/c20-16(17-11-13-5-4-6-13)15-9-10-19(18-15)12-21-14-7-2-1-3-8-14/h1-3,7-10,13H,4-6,11-12H2,(H,17,20). The van der Waals surface area contributed by atoms with Crippen LogP contribution in [0.4, 0.5) is 0 Å². The lowest BCUT2D eigenvalue weighted by Gasteiger charge is -2.25. The van der Waals surface area contributed by atoms with Gasteiger partial charge in [0.25, 0.3) is 5.91 Å². The van der Waals surface area contributed by atoms with Gasteiger partial charge in [-0.2, -0.15) is 5.10 Å². The van der Waals surface area contributed by atoms with E-state index in [0.717, 1.165) is 12.3 Å². The quantitative estimate of drug-likeness (QED) is 0.887. The van der Waals surface area contributed by atoms with Crippen LogP contribution >= 0.6 is 0 Å². The summed E-state index contributed by atoms with van der Waals surface area (Å²) in [6, 6.07) is 11.2. The summed E-state index contributed by atoms with van der Waals surface area (Å²) in [7, 11) is 0. The van der Waals surface area contributed by atoms with Gasteiger partial charge in [0.05, 0.1) is 0 Å². The van der Waals surface area contributed by atoms with Crippen molar-refractivity contribution < 1.29 is 9.53 Å². The molecule has 2 aromatic rings. The summed E-state index contributed by atoms with van der Waals surface area (Å²) in [5.74, 6) is 1.32. The van der Waals surface area contributed by atoms with Gasteiger partial charge in [0, 0.05) is 12.7 Å². The third kappa shape index (κ3) is 3.62. The third-order valence-electron chi connectivity index (χ3n) is 3.76. The van der Waals surface area contributed by atoms with Crippen molar-refractivity contribution in [2.45, 2.75) is 26.0 Å². The molecule has 110 valence electrons. The molecule has 1 heterocycles. The van der Waals surface area contributed by atoms with Gasteiger partial charge in [-0.3, -0.25) is 4.79 Å². The summed E-state index contributed by atoms with van der Waals surface area (Å²) >= 11 is 0. The van der Waals surface area contributed by atoms with Gasteiger partial charge in [-0.15, -0.1) is 0 Å². The Kier molecular flexibility index (Phi) is 4.19. The molecule has 1 aromatic carbocycles. The summed E-state index contributed by atoms with van der Waals surface area (Å²) in [6.45, 7) is 1.05. The van der Waals surface area contributed by atoms with Crippen molar-refractivity contribution >= 4 is 5.91 Å². The Hall–Kier alpha value is -2.30. The molecule has 5 nitrogen and oxygen atoms in total. The Morgan fingerprint density at radius 3 is 2.81 bits per heavy atom. The minimum atomic E-state index is -0.111. The van der Waals surface area contributed by atoms with E-state index in [1.807, 2.05) is 30.3 Å². The molecule has 0 radical (unpaired) electrons. The fourth-order valence-corrected chi connectivity index (χ4v) is 2.24. The molecule has 1 aromatic heterocycles. The number of nitrogens with one attached hydrogen (secondary N) is 1. The predicted octanol–water partition coefficient (Wildman–Crippen LogP) is 2.45. The highest BCUT2D eigenvalue weighted by Gasteiger charge is 2.18. The molecular weight excluding hydrogens is 266 g/mol. The monoisotopic (exact) mass is 285 g/mol. The average molecular weight is 285 g/mol. The van der Waals surface area contributed by atoms with Crippen molar-refractivity contribution in [3.63, 3.8) is 0 Å². The van der Waals surface area contributed by atoms with E-state index in [0.29, 0.717) is 18.3 Å². The van der Waals surface area contributed by atoms with Gasteiger partial charge in [-0.05, 0) is 37.0 Å². The van der Waals surface area contributed by atoms with E-state index in [4.69, 9.17) is 4.74 Å². The first-order valence-corrected chi connectivity index (χ1v) is 7.31. The largest absolute Gasteiger partial charge is 0.471 e. The topological polar surface area (TPSA) is 56.2 Å². The fraction of sp³-hybridized carbons (Fsp3) is 0.375. The summed E-state index contributed by atoms with van der Waals surface area (Å²) in [4.78, 5) is 11.9. The van der Waals surface area contributed by atoms with E-state index >= 15 is 0 Å². The maximum Gasteiger partial charge on any atom is 0.271 e. The number of benzene rings is 1. The van der Waals surface area contributed by atoms with Crippen molar-refractivity contribution in [2.24, 2.45) is 5.92 Å².